The van der Waals surface area contributed by atoms with Crippen molar-refractivity contribution in [1.82, 2.24) is 4.90 Å². The number of hydrogen-bond donors (Lipinski definition) is 0. The van der Waals surface area contributed by atoms with Gasteiger partial charge in [0.05, 0.1) is 35.3 Å². The van der Waals surface area contributed by atoms with Crippen molar-refractivity contribution in [2.24, 2.45) is 11.8 Å². The monoisotopic (exact) mass is 329 g/mol. The van der Waals surface area contributed by atoms with E-state index in [-0.39, 0.29) is 36.4 Å². The van der Waals surface area contributed by atoms with Crippen LogP contribution in [0.5, 0.6) is 0 Å². The molecule has 0 bridgehead atoms. The highest BCUT2D eigenvalue weighted by Crippen LogP contribution is 2.70. The van der Waals surface area contributed by atoms with Crippen LogP contribution in [0.3, 0.4) is 0 Å². The van der Waals surface area contributed by atoms with Crippen LogP contribution >= 0.6 is 0 Å². The van der Waals surface area contributed by atoms with Gasteiger partial charge < -0.3 is 9.47 Å². The van der Waals surface area contributed by atoms with Gasteiger partial charge in [-0.25, -0.2) is 0 Å². The van der Waals surface area contributed by atoms with Crippen LogP contribution in [0.25, 0.3) is 0 Å². The van der Waals surface area contributed by atoms with Crippen molar-refractivity contribution in [3.8, 4) is 0 Å². The summed E-state index contributed by atoms with van der Waals surface area (Å²) in [5, 5.41) is 0. The van der Waals surface area contributed by atoms with Gasteiger partial charge in [0.1, 0.15) is 0 Å². The highest BCUT2D eigenvalue weighted by atomic mass is 16.5. The minimum absolute atomic E-state index is 0.103. The number of fused-ring (bicyclic) bond motifs is 2. The summed E-state index contributed by atoms with van der Waals surface area (Å²) in [5.41, 5.74) is 0.0502. The lowest BCUT2D eigenvalue weighted by Gasteiger charge is -2.39. The molecule has 2 aliphatic carbocycles. The number of esters is 1. The van der Waals surface area contributed by atoms with Gasteiger partial charge in [0.15, 0.2) is 0 Å². The molecular formula is C18H19NO5. The van der Waals surface area contributed by atoms with Crippen LogP contribution in [0.15, 0.2) is 24.3 Å². The summed E-state index contributed by atoms with van der Waals surface area (Å²) in [5.74, 6) is -1.61. The van der Waals surface area contributed by atoms with Crippen LogP contribution in [0, 0.1) is 11.8 Å². The summed E-state index contributed by atoms with van der Waals surface area (Å²) >= 11 is 0. The van der Waals surface area contributed by atoms with Gasteiger partial charge in [-0.3, -0.25) is 19.3 Å². The predicted octanol–water partition coefficient (Wildman–Crippen LogP) is 1.64. The van der Waals surface area contributed by atoms with Gasteiger partial charge in [-0.15, -0.1) is 0 Å². The average Bonchev–Trinajstić information content (AvgIpc) is 3.01. The van der Waals surface area contributed by atoms with E-state index in [0.29, 0.717) is 24.2 Å². The Labute approximate surface area is 139 Å². The molecule has 1 unspecified atom stereocenters. The van der Waals surface area contributed by atoms with E-state index in [9.17, 15) is 14.4 Å². The van der Waals surface area contributed by atoms with Crippen molar-refractivity contribution in [3.05, 3.63) is 35.4 Å². The Bertz CT molecular complexity index is 710. The Morgan fingerprint density at radius 2 is 1.79 bits per heavy atom. The van der Waals surface area contributed by atoms with Gasteiger partial charge in [0.2, 0.25) is 0 Å². The van der Waals surface area contributed by atoms with Gasteiger partial charge in [-0.05, 0) is 32.4 Å². The Balaban J connectivity index is 1.67. The molecule has 0 spiro atoms. The van der Waals surface area contributed by atoms with Gasteiger partial charge in [-0.1, -0.05) is 12.1 Å². The molecule has 126 valence electrons. The first-order valence-corrected chi connectivity index (χ1v) is 8.34. The summed E-state index contributed by atoms with van der Waals surface area (Å²) < 4.78 is 10.8. The molecule has 0 aromatic heterocycles. The number of carbonyl (C=O) groups is 3. The molecule has 2 amide bonds. The molecule has 2 fully saturated rings. The number of hydrogen-bond acceptors (Lipinski definition) is 5. The second-order valence-electron chi connectivity index (χ2n) is 6.44. The normalized spacial score (nSPS) is 32.9. The number of rotatable bonds is 5. The van der Waals surface area contributed by atoms with Crippen LogP contribution < -0.4 is 0 Å². The smallest absolute Gasteiger partial charge is 0.311 e. The molecule has 3 aliphatic rings. The third-order valence-electron chi connectivity index (χ3n) is 5.43. The molecule has 4 atom stereocenters. The molecule has 1 aromatic rings. The maximum atomic E-state index is 12.8. The molecule has 4 rings (SSSR count). The van der Waals surface area contributed by atoms with E-state index in [1.165, 1.54) is 4.90 Å². The number of nitrogens with zero attached hydrogens (tertiary/aromatic N) is 1. The first kappa shape index (κ1) is 15.3. The zero-order valence-electron chi connectivity index (χ0n) is 13.7. The number of amides is 2. The molecule has 24 heavy (non-hydrogen) atoms. The average molecular weight is 329 g/mol. The molecular weight excluding hydrogens is 310 g/mol. The van der Waals surface area contributed by atoms with E-state index >= 15 is 0 Å². The van der Waals surface area contributed by atoms with Crippen LogP contribution in [-0.2, 0) is 14.3 Å². The predicted molar refractivity (Wildman–Crippen MR) is 83.3 cm³/mol. The fraction of sp³-hybridized carbons (Fsp3) is 0.500. The number of ether oxygens (including phenoxy) is 2. The largest absolute Gasteiger partial charge is 0.466 e. The summed E-state index contributed by atoms with van der Waals surface area (Å²) in [7, 11) is 0. The van der Waals surface area contributed by atoms with E-state index in [1.54, 1.807) is 31.2 Å². The number of benzene rings is 1. The van der Waals surface area contributed by atoms with Crippen molar-refractivity contribution in [2.45, 2.75) is 31.9 Å². The second-order valence-corrected chi connectivity index (χ2v) is 6.44. The number of imide groups is 1. The zero-order chi connectivity index (χ0) is 17.1. The molecule has 1 aliphatic heterocycles. The molecule has 6 nitrogen and oxygen atoms in total. The Morgan fingerprint density at radius 1 is 1.17 bits per heavy atom. The summed E-state index contributed by atoms with van der Waals surface area (Å²) in [6.07, 6.45) is 0.397. The Morgan fingerprint density at radius 3 is 2.33 bits per heavy atom. The minimum atomic E-state index is -0.765. The lowest BCUT2D eigenvalue weighted by Crippen LogP contribution is -2.53. The molecule has 0 saturated heterocycles. The highest BCUT2D eigenvalue weighted by molar-refractivity contribution is 6.22. The van der Waals surface area contributed by atoms with Crippen LogP contribution in [0.2, 0.25) is 0 Å². The quantitative estimate of drug-likeness (QED) is 0.606. The summed E-state index contributed by atoms with van der Waals surface area (Å²) in [6.45, 7) is 4.45. The summed E-state index contributed by atoms with van der Waals surface area (Å²) in [6, 6.07) is 6.79. The maximum Gasteiger partial charge on any atom is 0.311 e. The number of carbonyl (C=O) groups excluding carboxylic acids is 3. The van der Waals surface area contributed by atoms with Gasteiger partial charge in [-0.2, -0.15) is 0 Å². The van der Waals surface area contributed by atoms with E-state index in [2.05, 4.69) is 0 Å². The fourth-order valence-electron chi connectivity index (χ4n) is 4.45. The second kappa shape index (κ2) is 5.14. The van der Waals surface area contributed by atoms with E-state index < -0.39 is 11.5 Å². The molecule has 1 heterocycles. The molecule has 1 aromatic carbocycles. The minimum Gasteiger partial charge on any atom is -0.466 e. The fourth-order valence-corrected chi connectivity index (χ4v) is 4.45. The third-order valence-corrected chi connectivity index (χ3v) is 5.43. The summed E-state index contributed by atoms with van der Waals surface area (Å²) in [4.78, 5) is 39.2. The third kappa shape index (κ3) is 1.72. The van der Waals surface area contributed by atoms with Crippen molar-refractivity contribution in [3.63, 3.8) is 0 Å². The molecule has 0 radical (unpaired) electrons. The van der Waals surface area contributed by atoms with Gasteiger partial charge in [0.25, 0.3) is 11.8 Å². The first-order valence-electron chi connectivity index (χ1n) is 8.34. The van der Waals surface area contributed by atoms with Gasteiger partial charge >= 0.3 is 5.97 Å². The maximum absolute atomic E-state index is 12.8. The van der Waals surface area contributed by atoms with E-state index in [4.69, 9.17) is 9.47 Å². The van der Waals surface area contributed by atoms with E-state index in [1.807, 2.05) is 6.92 Å². The Hall–Kier alpha value is -2.21. The van der Waals surface area contributed by atoms with Gasteiger partial charge in [0, 0.05) is 12.5 Å². The van der Waals surface area contributed by atoms with Crippen molar-refractivity contribution in [1.29, 1.82) is 0 Å². The van der Waals surface area contributed by atoms with E-state index in [0.717, 1.165) is 0 Å². The Kier molecular flexibility index (Phi) is 3.28. The lowest BCUT2D eigenvalue weighted by molar-refractivity contribution is -0.145. The van der Waals surface area contributed by atoms with Crippen LogP contribution in [0.1, 0.15) is 41.0 Å². The van der Waals surface area contributed by atoms with Crippen molar-refractivity contribution >= 4 is 17.8 Å². The van der Waals surface area contributed by atoms with Crippen molar-refractivity contribution < 1.29 is 23.9 Å². The lowest BCUT2D eigenvalue weighted by atomic mass is 9.87. The highest BCUT2D eigenvalue weighted by Gasteiger charge is 2.84. The van der Waals surface area contributed by atoms with Crippen molar-refractivity contribution in [2.75, 3.05) is 13.2 Å². The first-order chi connectivity index (χ1) is 11.6. The molecule has 6 heteroatoms. The molecule has 2 saturated carbocycles. The standard InChI is InChI=1S/C18H19NO5/c1-3-23-12-9-18(13(12)14(18)17(22)24-4-2)19-15(20)10-7-5-6-8-11(10)16(19)21/h5-8,12-14H,3-4,9H2,1-2H3/t12-,13?,14-,18-/m1/s1. The molecule has 0 N–H and O–H groups in total. The zero-order valence-corrected chi connectivity index (χ0v) is 13.7. The topological polar surface area (TPSA) is 72.9 Å². The van der Waals surface area contributed by atoms with Crippen LogP contribution in [0.4, 0.5) is 0 Å². The SMILES string of the molecule is CCOC(=O)[C@H]1C2[C@H](OCC)C[C@@]21N1C(=O)c2ccccc2C1=O. The van der Waals surface area contributed by atoms with Crippen LogP contribution in [-0.4, -0.2) is 47.5 Å².